The highest BCUT2D eigenvalue weighted by Crippen LogP contribution is 2.16. The molecule has 0 radical (unpaired) electrons. The third-order valence-electron chi connectivity index (χ3n) is 4.45. The maximum absolute atomic E-state index is 12.4. The Bertz CT molecular complexity index is 693. The molecular weight excluding hydrogens is 300 g/mol. The van der Waals surface area contributed by atoms with Crippen molar-refractivity contribution in [3.05, 3.63) is 64.7 Å². The number of amides is 1. The van der Waals surface area contributed by atoms with Crippen molar-refractivity contribution >= 4 is 5.91 Å². The summed E-state index contributed by atoms with van der Waals surface area (Å²) >= 11 is 0. The molecule has 0 spiro atoms. The number of hydrogen-bond donors (Lipinski definition) is 2. The fourth-order valence-electron chi connectivity index (χ4n) is 2.67. The molecule has 0 fully saturated rings. The van der Waals surface area contributed by atoms with Crippen LogP contribution in [0.1, 0.15) is 33.1 Å². The van der Waals surface area contributed by atoms with Crippen LogP contribution in [0.15, 0.2) is 42.5 Å². The third-order valence-corrected chi connectivity index (χ3v) is 4.45. The van der Waals surface area contributed by atoms with Gasteiger partial charge in [-0.25, -0.2) is 0 Å². The molecule has 128 valence electrons. The average molecular weight is 327 g/mol. The minimum Gasteiger partial charge on any atom is -0.497 e. The number of likely N-dealkylation sites (N-methyl/N-ethyl adjacent to an activating group) is 1. The number of carbonyl (C=O) groups is 1. The SMILES string of the molecule is COc1ccc([C@@H](CNC(=O)c2ccc(C)c(C)c2)[NH+](C)C)cc1. The van der Waals surface area contributed by atoms with Crippen molar-refractivity contribution in [1.29, 1.82) is 0 Å². The minimum absolute atomic E-state index is 0.0298. The van der Waals surface area contributed by atoms with E-state index < -0.39 is 0 Å². The Morgan fingerprint density at radius 1 is 1.08 bits per heavy atom. The molecule has 0 aliphatic carbocycles. The largest absolute Gasteiger partial charge is 0.497 e. The molecular formula is C20H27N2O2+. The highest BCUT2D eigenvalue weighted by atomic mass is 16.5. The number of quaternary nitrogens is 1. The quantitative estimate of drug-likeness (QED) is 0.851. The molecule has 0 aliphatic rings. The van der Waals surface area contributed by atoms with Crippen LogP contribution >= 0.6 is 0 Å². The summed E-state index contributed by atoms with van der Waals surface area (Å²) in [5, 5.41) is 3.06. The van der Waals surface area contributed by atoms with E-state index in [9.17, 15) is 4.79 Å². The molecule has 1 atom stereocenters. The molecule has 0 unspecified atom stereocenters. The number of ether oxygens (including phenoxy) is 1. The molecule has 1 amide bonds. The van der Waals surface area contributed by atoms with Crippen molar-refractivity contribution in [3.8, 4) is 5.75 Å². The second kappa shape index (κ2) is 7.97. The Morgan fingerprint density at radius 3 is 2.29 bits per heavy atom. The van der Waals surface area contributed by atoms with Crippen LogP contribution in [0.25, 0.3) is 0 Å². The normalized spacial score (nSPS) is 12.1. The smallest absolute Gasteiger partial charge is 0.251 e. The van der Waals surface area contributed by atoms with E-state index in [-0.39, 0.29) is 11.9 Å². The molecule has 2 N–H and O–H groups in total. The number of benzene rings is 2. The van der Waals surface area contributed by atoms with Crippen molar-refractivity contribution in [3.63, 3.8) is 0 Å². The molecule has 2 aromatic carbocycles. The maximum atomic E-state index is 12.4. The van der Waals surface area contributed by atoms with E-state index in [0.717, 1.165) is 11.3 Å². The van der Waals surface area contributed by atoms with E-state index in [1.165, 1.54) is 16.0 Å². The zero-order valence-electron chi connectivity index (χ0n) is 15.1. The lowest BCUT2D eigenvalue weighted by molar-refractivity contribution is -0.890. The van der Waals surface area contributed by atoms with Crippen LogP contribution in [0.4, 0.5) is 0 Å². The zero-order chi connectivity index (χ0) is 17.7. The Kier molecular flexibility index (Phi) is 5.99. The topological polar surface area (TPSA) is 42.8 Å². The van der Waals surface area contributed by atoms with Gasteiger partial charge in [0.1, 0.15) is 11.8 Å². The molecule has 0 aliphatic heterocycles. The van der Waals surface area contributed by atoms with Gasteiger partial charge in [-0.15, -0.1) is 0 Å². The first-order valence-corrected chi connectivity index (χ1v) is 8.22. The summed E-state index contributed by atoms with van der Waals surface area (Å²) in [5.74, 6) is 0.809. The van der Waals surface area contributed by atoms with E-state index in [0.29, 0.717) is 12.1 Å². The lowest BCUT2D eigenvalue weighted by atomic mass is 10.0. The Morgan fingerprint density at radius 2 is 1.75 bits per heavy atom. The first kappa shape index (κ1) is 18.0. The van der Waals surface area contributed by atoms with Gasteiger partial charge >= 0.3 is 0 Å². The molecule has 0 saturated heterocycles. The van der Waals surface area contributed by atoms with Gasteiger partial charge in [-0.05, 0) is 61.4 Å². The summed E-state index contributed by atoms with van der Waals surface area (Å²) in [5.41, 5.74) is 4.21. The van der Waals surface area contributed by atoms with E-state index in [1.807, 2.05) is 44.2 Å². The lowest BCUT2D eigenvalue weighted by Crippen LogP contribution is -3.07. The van der Waals surface area contributed by atoms with Crippen LogP contribution in [0.5, 0.6) is 5.75 Å². The van der Waals surface area contributed by atoms with Gasteiger partial charge in [0.25, 0.3) is 5.91 Å². The minimum atomic E-state index is -0.0298. The molecule has 4 nitrogen and oxygen atoms in total. The van der Waals surface area contributed by atoms with Gasteiger partial charge in [0.15, 0.2) is 0 Å². The number of rotatable bonds is 6. The summed E-state index contributed by atoms with van der Waals surface area (Å²) in [4.78, 5) is 13.7. The fraction of sp³-hybridized carbons (Fsp3) is 0.350. The Balaban J connectivity index is 2.07. The molecule has 0 aromatic heterocycles. The highest BCUT2D eigenvalue weighted by molar-refractivity contribution is 5.94. The molecule has 0 bridgehead atoms. The Labute approximate surface area is 144 Å². The summed E-state index contributed by atoms with van der Waals surface area (Å²) in [6.45, 7) is 4.66. The number of methoxy groups -OCH3 is 1. The van der Waals surface area contributed by atoms with Crippen molar-refractivity contribution < 1.29 is 14.4 Å². The summed E-state index contributed by atoms with van der Waals surface area (Å²) < 4.78 is 5.21. The first-order valence-electron chi connectivity index (χ1n) is 8.22. The van der Waals surface area contributed by atoms with Crippen LogP contribution in [-0.4, -0.2) is 33.7 Å². The van der Waals surface area contributed by atoms with E-state index in [4.69, 9.17) is 4.74 Å². The van der Waals surface area contributed by atoms with Gasteiger partial charge in [0, 0.05) is 11.1 Å². The van der Waals surface area contributed by atoms with Crippen LogP contribution < -0.4 is 15.0 Å². The lowest BCUT2D eigenvalue weighted by Gasteiger charge is -2.22. The van der Waals surface area contributed by atoms with Gasteiger partial charge in [0.05, 0.1) is 27.7 Å². The zero-order valence-corrected chi connectivity index (χ0v) is 15.1. The summed E-state index contributed by atoms with van der Waals surface area (Å²) in [6.07, 6.45) is 0. The third kappa shape index (κ3) is 4.36. The van der Waals surface area contributed by atoms with Gasteiger partial charge in [-0.1, -0.05) is 6.07 Å². The standard InChI is InChI=1S/C20H26N2O2/c1-14-6-7-17(12-15(14)2)20(23)21-13-19(22(3)4)16-8-10-18(24-5)11-9-16/h6-12,19H,13H2,1-5H3,(H,21,23)/p+1/t19-/m1/s1. The number of nitrogens with one attached hydrogen (secondary N) is 2. The number of hydrogen-bond acceptors (Lipinski definition) is 2. The van der Waals surface area contributed by atoms with Crippen molar-refractivity contribution in [2.75, 3.05) is 27.7 Å². The molecule has 24 heavy (non-hydrogen) atoms. The molecule has 0 saturated carbocycles. The molecule has 2 rings (SSSR count). The predicted octanol–water partition coefficient (Wildman–Crippen LogP) is 1.93. The first-order chi connectivity index (χ1) is 11.4. The summed E-state index contributed by atoms with van der Waals surface area (Å²) in [7, 11) is 5.85. The second-order valence-corrected chi connectivity index (χ2v) is 6.41. The van der Waals surface area contributed by atoms with Crippen molar-refractivity contribution in [1.82, 2.24) is 5.32 Å². The van der Waals surface area contributed by atoms with Gasteiger partial charge in [-0.3, -0.25) is 4.79 Å². The number of carbonyl (C=O) groups excluding carboxylic acids is 1. The van der Waals surface area contributed by atoms with Crippen LogP contribution in [0.2, 0.25) is 0 Å². The van der Waals surface area contributed by atoms with Crippen LogP contribution in [0.3, 0.4) is 0 Å². The fourth-order valence-corrected chi connectivity index (χ4v) is 2.67. The molecule has 0 heterocycles. The van der Waals surface area contributed by atoms with E-state index in [2.05, 4.69) is 31.5 Å². The average Bonchev–Trinajstić information content (AvgIpc) is 2.57. The van der Waals surface area contributed by atoms with Crippen molar-refractivity contribution in [2.24, 2.45) is 0 Å². The van der Waals surface area contributed by atoms with E-state index in [1.54, 1.807) is 7.11 Å². The molecule has 2 aromatic rings. The van der Waals surface area contributed by atoms with Crippen LogP contribution in [-0.2, 0) is 0 Å². The van der Waals surface area contributed by atoms with E-state index >= 15 is 0 Å². The number of aryl methyl sites for hydroxylation is 2. The van der Waals surface area contributed by atoms with Gasteiger partial charge in [-0.2, -0.15) is 0 Å². The van der Waals surface area contributed by atoms with Crippen molar-refractivity contribution in [2.45, 2.75) is 19.9 Å². The summed E-state index contributed by atoms with van der Waals surface area (Å²) in [6, 6.07) is 14.0. The van der Waals surface area contributed by atoms with Crippen LogP contribution in [0, 0.1) is 13.8 Å². The monoisotopic (exact) mass is 327 g/mol. The van der Waals surface area contributed by atoms with Gasteiger partial charge in [0.2, 0.25) is 0 Å². The second-order valence-electron chi connectivity index (χ2n) is 6.41. The maximum Gasteiger partial charge on any atom is 0.251 e. The molecule has 4 heteroatoms. The van der Waals surface area contributed by atoms with Gasteiger partial charge < -0.3 is 15.0 Å². The highest BCUT2D eigenvalue weighted by Gasteiger charge is 2.19. The Hall–Kier alpha value is -2.33. The predicted molar refractivity (Wildman–Crippen MR) is 96.8 cm³/mol.